The van der Waals surface area contributed by atoms with Gasteiger partial charge in [-0.1, -0.05) is 37.8 Å². The van der Waals surface area contributed by atoms with E-state index >= 15 is 0 Å². The molecule has 0 unspecified atom stereocenters. The number of ether oxygens (including phenoxy) is 2. The van der Waals surface area contributed by atoms with Gasteiger partial charge in [0.05, 0.1) is 13.2 Å². The zero-order chi connectivity index (χ0) is 14.9. The predicted molar refractivity (Wildman–Crippen MR) is 85.4 cm³/mol. The predicted octanol–water partition coefficient (Wildman–Crippen LogP) is 4.18. The summed E-state index contributed by atoms with van der Waals surface area (Å²) in [7, 11) is 0. The molecule has 0 bridgehead atoms. The summed E-state index contributed by atoms with van der Waals surface area (Å²) >= 11 is 6.61. The summed E-state index contributed by atoms with van der Waals surface area (Å²) in [6.45, 7) is 3.51. The monoisotopic (exact) mass is 309 g/mol. The molecule has 0 atom stereocenters. The van der Waals surface area contributed by atoms with Crippen LogP contribution in [0.15, 0.2) is 6.07 Å². The van der Waals surface area contributed by atoms with Crippen molar-refractivity contribution < 1.29 is 9.47 Å². The van der Waals surface area contributed by atoms with Crippen LogP contribution in [0.2, 0.25) is 5.02 Å². The number of halogens is 1. The minimum atomic E-state index is -0.314. The van der Waals surface area contributed by atoms with Crippen LogP contribution in [0.5, 0.6) is 11.5 Å². The summed E-state index contributed by atoms with van der Waals surface area (Å²) < 4.78 is 11.8. The molecule has 0 radical (unpaired) electrons. The Morgan fingerprint density at radius 2 is 1.86 bits per heavy atom. The Kier molecular flexibility index (Phi) is 4.32. The fourth-order valence-corrected chi connectivity index (χ4v) is 4.05. The average molecular weight is 310 g/mol. The fourth-order valence-electron chi connectivity index (χ4n) is 3.65. The van der Waals surface area contributed by atoms with Crippen LogP contribution in [0.4, 0.5) is 0 Å². The van der Waals surface area contributed by atoms with Gasteiger partial charge >= 0.3 is 0 Å². The first kappa shape index (κ1) is 15.0. The van der Waals surface area contributed by atoms with Gasteiger partial charge in [0.2, 0.25) is 0 Å². The van der Waals surface area contributed by atoms with Crippen molar-refractivity contribution >= 4 is 11.6 Å². The normalized spacial score (nSPS) is 20.9. The van der Waals surface area contributed by atoms with Gasteiger partial charge in [0, 0.05) is 28.6 Å². The van der Waals surface area contributed by atoms with Crippen molar-refractivity contribution in [3.8, 4) is 11.5 Å². The van der Waals surface area contributed by atoms with E-state index in [1.54, 1.807) is 0 Å². The first-order valence-electron chi connectivity index (χ1n) is 8.06. The molecular weight excluding hydrogens is 286 g/mol. The number of hydrogen-bond acceptors (Lipinski definition) is 3. The van der Waals surface area contributed by atoms with E-state index < -0.39 is 0 Å². The summed E-state index contributed by atoms with van der Waals surface area (Å²) in [5.74, 6) is 1.64. The molecule has 2 N–H and O–H groups in total. The van der Waals surface area contributed by atoms with Crippen LogP contribution in [-0.4, -0.2) is 13.2 Å². The molecule has 1 fully saturated rings. The first-order chi connectivity index (χ1) is 10.2. The lowest BCUT2D eigenvalue weighted by molar-refractivity contribution is 0.291. The van der Waals surface area contributed by atoms with Crippen LogP contribution in [0.25, 0.3) is 0 Å². The Hall–Kier alpha value is -0.930. The topological polar surface area (TPSA) is 44.5 Å². The maximum Gasteiger partial charge on any atom is 0.164 e. The Labute approximate surface area is 131 Å². The van der Waals surface area contributed by atoms with E-state index in [4.69, 9.17) is 26.8 Å². The third-order valence-corrected chi connectivity index (χ3v) is 4.98. The zero-order valence-corrected chi connectivity index (χ0v) is 13.5. The highest BCUT2D eigenvalue weighted by molar-refractivity contribution is 6.31. The quantitative estimate of drug-likeness (QED) is 0.891. The van der Waals surface area contributed by atoms with Crippen molar-refractivity contribution in [2.24, 2.45) is 5.73 Å². The van der Waals surface area contributed by atoms with E-state index in [-0.39, 0.29) is 5.54 Å². The Morgan fingerprint density at radius 3 is 2.57 bits per heavy atom. The SMILES string of the molecule is CCc1c2c(cc(Cl)c1C1(N)CCCCC1)OCCCO2. The van der Waals surface area contributed by atoms with E-state index in [1.165, 1.54) is 19.3 Å². The van der Waals surface area contributed by atoms with Crippen molar-refractivity contribution in [2.75, 3.05) is 13.2 Å². The lowest BCUT2D eigenvalue weighted by Crippen LogP contribution is -2.40. The van der Waals surface area contributed by atoms with Crippen molar-refractivity contribution in [1.82, 2.24) is 0 Å². The van der Waals surface area contributed by atoms with Crippen LogP contribution in [0, 0.1) is 0 Å². The van der Waals surface area contributed by atoms with Crippen molar-refractivity contribution in [2.45, 2.75) is 57.4 Å². The number of benzene rings is 1. The van der Waals surface area contributed by atoms with E-state index in [0.29, 0.717) is 13.2 Å². The van der Waals surface area contributed by atoms with Crippen LogP contribution in [0.3, 0.4) is 0 Å². The summed E-state index contributed by atoms with van der Waals surface area (Å²) in [6, 6.07) is 1.90. The Balaban J connectivity index is 2.13. The molecule has 1 aromatic carbocycles. The third kappa shape index (κ3) is 2.74. The molecule has 21 heavy (non-hydrogen) atoms. The van der Waals surface area contributed by atoms with Gasteiger partial charge in [0.15, 0.2) is 11.5 Å². The van der Waals surface area contributed by atoms with E-state index in [9.17, 15) is 0 Å². The largest absolute Gasteiger partial charge is 0.489 e. The highest BCUT2D eigenvalue weighted by Gasteiger charge is 2.35. The van der Waals surface area contributed by atoms with Crippen molar-refractivity contribution in [1.29, 1.82) is 0 Å². The molecule has 1 heterocycles. The molecule has 0 amide bonds. The second kappa shape index (κ2) is 6.05. The minimum absolute atomic E-state index is 0.314. The van der Waals surface area contributed by atoms with Gasteiger partial charge in [-0.05, 0) is 24.8 Å². The van der Waals surface area contributed by atoms with Gasteiger partial charge in [-0.3, -0.25) is 0 Å². The van der Waals surface area contributed by atoms with Gasteiger partial charge in [0.25, 0.3) is 0 Å². The van der Waals surface area contributed by atoms with Gasteiger partial charge in [-0.2, -0.15) is 0 Å². The van der Waals surface area contributed by atoms with E-state index in [1.807, 2.05) is 6.07 Å². The Bertz CT molecular complexity index is 524. The second-order valence-corrected chi connectivity index (χ2v) is 6.57. The summed E-state index contributed by atoms with van der Waals surface area (Å²) in [5.41, 5.74) is 8.67. The number of rotatable bonds is 2. The molecule has 2 aliphatic rings. The molecular formula is C17H24ClNO2. The molecule has 116 valence electrons. The molecule has 1 aliphatic carbocycles. The molecule has 3 nitrogen and oxygen atoms in total. The molecule has 4 heteroatoms. The molecule has 1 saturated carbocycles. The van der Waals surface area contributed by atoms with Crippen LogP contribution in [-0.2, 0) is 12.0 Å². The minimum Gasteiger partial charge on any atom is -0.489 e. The molecule has 3 rings (SSSR count). The maximum atomic E-state index is 6.75. The van der Waals surface area contributed by atoms with E-state index in [0.717, 1.165) is 53.3 Å². The molecule has 0 spiro atoms. The summed E-state index contributed by atoms with van der Waals surface area (Å²) in [4.78, 5) is 0. The van der Waals surface area contributed by atoms with Gasteiger partial charge in [-0.25, -0.2) is 0 Å². The van der Waals surface area contributed by atoms with Gasteiger partial charge < -0.3 is 15.2 Å². The highest BCUT2D eigenvalue weighted by Crippen LogP contribution is 2.47. The maximum absolute atomic E-state index is 6.75. The first-order valence-corrected chi connectivity index (χ1v) is 8.44. The lowest BCUT2D eigenvalue weighted by atomic mass is 9.75. The fraction of sp³-hybridized carbons (Fsp3) is 0.647. The van der Waals surface area contributed by atoms with E-state index in [2.05, 4.69) is 6.92 Å². The number of nitrogens with two attached hydrogens (primary N) is 1. The molecule has 0 aromatic heterocycles. The summed E-state index contributed by atoms with van der Waals surface area (Å²) in [5, 5.41) is 0.737. The van der Waals surface area contributed by atoms with Crippen molar-refractivity contribution in [3.05, 3.63) is 22.2 Å². The highest BCUT2D eigenvalue weighted by atomic mass is 35.5. The molecule has 1 aromatic rings. The zero-order valence-electron chi connectivity index (χ0n) is 12.7. The smallest absolute Gasteiger partial charge is 0.164 e. The number of hydrogen-bond donors (Lipinski definition) is 1. The summed E-state index contributed by atoms with van der Waals surface area (Å²) in [6.07, 6.45) is 7.37. The molecule has 1 aliphatic heterocycles. The average Bonchev–Trinajstić information content (AvgIpc) is 2.71. The van der Waals surface area contributed by atoms with Crippen LogP contribution in [0.1, 0.15) is 56.6 Å². The van der Waals surface area contributed by atoms with Gasteiger partial charge in [0.1, 0.15) is 0 Å². The lowest BCUT2D eigenvalue weighted by Gasteiger charge is -2.36. The van der Waals surface area contributed by atoms with Crippen LogP contribution < -0.4 is 15.2 Å². The van der Waals surface area contributed by atoms with Crippen molar-refractivity contribution in [3.63, 3.8) is 0 Å². The molecule has 0 saturated heterocycles. The van der Waals surface area contributed by atoms with Crippen LogP contribution >= 0.6 is 11.6 Å². The third-order valence-electron chi connectivity index (χ3n) is 4.69. The second-order valence-electron chi connectivity index (χ2n) is 6.16. The van der Waals surface area contributed by atoms with Gasteiger partial charge in [-0.15, -0.1) is 0 Å². The Morgan fingerprint density at radius 1 is 1.14 bits per heavy atom. The number of fused-ring (bicyclic) bond motifs is 1. The standard InChI is InChI=1S/C17H24ClNO2/c1-2-12-15(17(19)7-4-3-5-8-17)13(18)11-14-16(12)21-10-6-9-20-14/h11H,2-10,19H2,1H3.